The van der Waals surface area contributed by atoms with E-state index in [-0.39, 0.29) is 0 Å². The summed E-state index contributed by atoms with van der Waals surface area (Å²) >= 11 is 0. The van der Waals surface area contributed by atoms with Crippen LogP contribution in [0.25, 0.3) is 10.4 Å². The standard InChI is InChI=1S/C17H23N3OSi2/c1-22(2,15-11-7-5-8-12-15)17(21,19-20-18)23(3,4)16-13-9-6-10-14-16/h5-14,21H,1-4H3. The van der Waals surface area contributed by atoms with Crippen LogP contribution in [0, 0.1) is 0 Å². The molecular formula is C17H23N3OSi2. The van der Waals surface area contributed by atoms with Gasteiger partial charge in [-0.2, -0.15) is 0 Å². The van der Waals surface area contributed by atoms with Crippen LogP contribution in [0.2, 0.25) is 26.2 Å². The van der Waals surface area contributed by atoms with E-state index in [0.717, 1.165) is 10.4 Å². The van der Waals surface area contributed by atoms with Crippen molar-refractivity contribution in [2.75, 3.05) is 0 Å². The van der Waals surface area contributed by atoms with Gasteiger partial charge in [0.25, 0.3) is 0 Å². The van der Waals surface area contributed by atoms with Crippen LogP contribution in [-0.2, 0) is 0 Å². The lowest BCUT2D eigenvalue weighted by Crippen LogP contribution is -2.76. The van der Waals surface area contributed by atoms with Gasteiger partial charge in [0.1, 0.15) is 21.1 Å². The van der Waals surface area contributed by atoms with Crippen LogP contribution in [0.15, 0.2) is 65.8 Å². The smallest absolute Gasteiger partial charge is 0.131 e. The second-order valence-corrected chi connectivity index (χ2v) is 16.4. The van der Waals surface area contributed by atoms with Gasteiger partial charge in [-0.05, 0) is 5.53 Å². The first-order chi connectivity index (χ1) is 10.8. The number of hydrogen-bond acceptors (Lipinski definition) is 2. The molecule has 0 saturated carbocycles. The molecule has 0 spiro atoms. The van der Waals surface area contributed by atoms with Crippen LogP contribution in [-0.4, -0.2) is 26.2 Å². The van der Waals surface area contributed by atoms with Gasteiger partial charge in [0, 0.05) is 4.91 Å². The summed E-state index contributed by atoms with van der Waals surface area (Å²) in [6.07, 6.45) is 0. The molecule has 2 aromatic carbocycles. The average molecular weight is 342 g/mol. The maximum atomic E-state index is 11.7. The largest absolute Gasteiger partial charge is 0.390 e. The third-order valence-electron chi connectivity index (χ3n) is 4.92. The van der Waals surface area contributed by atoms with Gasteiger partial charge in [-0.3, -0.25) is 0 Å². The maximum absolute atomic E-state index is 11.7. The highest BCUT2D eigenvalue weighted by Crippen LogP contribution is 2.32. The van der Waals surface area contributed by atoms with Crippen molar-refractivity contribution in [3.05, 3.63) is 71.1 Å². The molecule has 0 aliphatic rings. The Kier molecular flexibility index (Phi) is 4.82. The molecule has 0 aromatic heterocycles. The predicted octanol–water partition coefficient (Wildman–Crippen LogP) is 3.29. The Balaban J connectivity index is 2.66. The lowest BCUT2D eigenvalue weighted by molar-refractivity contribution is 0.199. The zero-order valence-corrected chi connectivity index (χ0v) is 16.1. The highest BCUT2D eigenvalue weighted by molar-refractivity contribution is 7.09. The number of azide groups is 1. The third kappa shape index (κ3) is 2.86. The monoisotopic (exact) mass is 341 g/mol. The van der Waals surface area contributed by atoms with Crippen LogP contribution in [0.5, 0.6) is 0 Å². The van der Waals surface area contributed by atoms with Crippen LogP contribution in [0.3, 0.4) is 0 Å². The molecule has 4 nitrogen and oxygen atoms in total. The zero-order chi connectivity index (χ0) is 17.1. The molecule has 0 fully saturated rings. The van der Waals surface area contributed by atoms with Gasteiger partial charge in [0.2, 0.25) is 0 Å². The lowest BCUT2D eigenvalue weighted by atomic mass is 10.4. The van der Waals surface area contributed by atoms with Gasteiger partial charge in [0.05, 0.1) is 0 Å². The van der Waals surface area contributed by atoms with E-state index in [9.17, 15) is 5.11 Å². The minimum absolute atomic E-state index is 1.09. The van der Waals surface area contributed by atoms with Crippen molar-refractivity contribution in [2.24, 2.45) is 5.11 Å². The van der Waals surface area contributed by atoms with Gasteiger partial charge in [0.15, 0.2) is 0 Å². The molecule has 2 aromatic rings. The average Bonchev–Trinajstić information content (AvgIpc) is 2.56. The molecular weight excluding hydrogens is 318 g/mol. The summed E-state index contributed by atoms with van der Waals surface area (Å²) in [6.45, 7) is 8.31. The highest BCUT2D eigenvalue weighted by atomic mass is 28.4. The molecule has 0 saturated heterocycles. The van der Waals surface area contributed by atoms with Crippen molar-refractivity contribution in [1.82, 2.24) is 0 Å². The first-order valence-corrected chi connectivity index (χ1v) is 13.7. The van der Waals surface area contributed by atoms with E-state index < -0.39 is 21.1 Å². The number of aliphatic hydroxyl groups is 1. The van der Waals surface area contributed by atoms with E-state index in [1.54, 1.807) is 0 Å². The van der Waals surface area contributed by atoms with Gasteiger partial charge < -0.3 is 5.11 Å². The van der Waals surface area contributed by atoms with E-state index in [0.29, 0.717) is 0 Å². The predicted molar refractivity (Wildman–Crippen MR) is 101 cm³/mol. The van der Waals surface area contributed by atoms with Crippen LogP contribution in [0.1, 0.15) is 0 Å². The first kappa shape index (κ1) is 17.5. The van der Waals surface area contributed by atoms with E-state index in [2.05, 4.69) is 36.2 Å². The number of hydrogen-bond donors (Lipinski definition) is 1. The van der Waals surface area contributed by atoms with Crippen molar-refractivity contribution in [2.45, 2.75) is 31.2 Å². The summed E-state index contributed by atoms with van der Waals surface area (Å²) in [5.41, 5.74) is 9.17. The van der Waals surface area contributed by atoms with E-state index in [1.807, 2.05) is 60.7 Å². The van der Waals surface area contributed by atoms with Crippen LogP contribution >= 0.6 is 0 Å². The Morgan fingerprint density at radius 2 is 1.17 bits per heavy atom. The number of nitrogens with zero attached hydrogens (tertiary/aromatic N) is 3. The Morgan fingerprint density at radius 1 is 0.826 bits per heavy atom. The zero-order valence-electron chi connectivity index (χ0n) is 14.1. The quantitative estimate of drug-likeness (QED) is 0.385. The molecule has 120 valence electrons. The summed E-state index contributed by atoms with van der Waals surface area (Å²) in [4.78, 5) is 1.67. The fourth-order valence-electron chi connectivity index (χ4n) is 3.21. The fourth-order valence-corrected chi connectivity index (χ4v) is 13.8. The van der Waals surface area contributed by atoms with Crippen molar-refractivity contribution in [3.8, 4) is 0 Å². The molecule has 0 radical (unpaired) electrons. The summed E-state index contributed by atoms with van der Waals surface area (Å²) in [5, 5.41) is 17.9. The molecule has 0 amide bonds. The third-order valence-corrected chi connectivity index (χ3v) is 15.9. The van der Waals surface area contributed by atoms with Crippen LogP contribution in [0.4, 0.5) is 0 Å². The van der Waals surface area contributed by atoms with E-state index >= 15 is 0 Å². The fraction of sp³-hybridized carbons (Fsp3) is 0.294. The van der Waals surface area contributed by atoms with Gasteiger partial charge in [-0.1, -0.05) is 102 Å². The van der Waals surface area contributed by atoms with Crippen molar-refractivity contribution < 1.29 is 5.11 Å². The summed E-state index contributed by atoms with van der Waals surface area (Å²) in [5.74, 6) is 0. The Labute approximate surface area is 139 Å². The molecule has 1 N–H and O–H groups in total. The number of benzene rings is 2. The van der Waals surface area contributed by atoms with Crippen molar-refractivity contribution in [3.63, 3.8) is 0 Å². The summed E-state index contributed by atoms with van der Waals surface area (Å²) in [6, 6.07) is 19.9. The van der Waals surface area contributed by atoms with Crippen LogP contribution < -0.4 is 10.4 Å². The minimum Gasteiger partial charge on any atom is -0.390 e. The molecule has 0 unspecified atom stereocenters. The Morgan fingerprint density at radius 3 is 1.48 bits per heavy atom. The van der Waals surface area contributed by atoms with Gasteiger partial charge in [-0.25, -0.2) is 0 Å². The summed E-state index contributed by atoms with van der Waals surface area (Å²) < 4.78 is 0. The molecule has 0 bridgehead atoms. The number of rotatable bonds is 5. The molecule has 23 heavy (non-hydrogen) atoms. The topological polar surface area (TPSA) is 69.0 Å². The second-order valence-electron chi connectivity index (χ2n) is 6.84. The maximum Gasteiger partial charge on any atom is 0.131 e. The van der Waals surface area contributed by atoms with E-state index in [4.69, 9.17) is 5.53 Å². The lowest BCUT2D eigenvalue weighted by Gasteiger charge is -2.47. The minimum atomic E-state index is -2.48. The first-order valence-electron chi connectivity index (χ1n) is 7.67. The van der Waals surface area contributed by atoms with Crippen molar-refractivity contribution >= 4 is 26.5 Å². The normalized spacial score (nSPS) is 12.6. The van der Waals surface area contributed by atoms with Crippen molar-refractivity contribution in [1.29, 1.82) is 0 Å². The second kappa shape index (κ2) is 6.33. The van der Waals surface area contributed by atoms with Gasteiger partial charge in [-0.15, -0.1) is 0 Å². The molecule has 2 rings (SSSR count). The highest BCUT2D eigenvalue weighted by Gasteiger charge is 2.57. The molecule has 0 heterocycles. The Hall–Kier alpha value is -1.86. The molecule has 0 aliphatic carbocycles. The Bertz CT molecular complexity index is 660. The van der Waals surface area contributed by atoms with E-state index in [1.165, 1.54) is 0 Å². The molecule has 6 heteroatoms. The van der Waals surface area contributed by atoms with Gasteiger partial charge >= 0.3 is 0 Å². The SMILES string of the molecule is C[Si](C)(c1ccccc1)C(O)(N=[N+]=[N-])[Si](C)(C)c1ccccc1. The molecule has 0 aliphatic heterocycles. The molecule has 0 atom stereocenters. The summed E-state index contributed by atoms with van der Waals surface area (Å²) in [7, 11) is -4.95.